The van der Waals surface area contributed by atoms with Crippen LogP contribution < -0.4 is 5.73 Å². The average molecular weight is 253 g/mol. The minimum Gasteiger partial charge on any atom is -0.398 e. The largest absolute Gasteiger partial charge is 0.398 e. The highest BCUT2D eigenvalue weighted by Gasteiger charge is 2.22. The van der Waals surface area contributed by atoms with Crippen molar-refractivity contribution >= 4 is 11.6 Å². The zero-order chi connectivity index (χ0) is 13.2. The fourth-order valence-corrected chi connectivity index (χ4v) is 2.49. The number of nitrogens with zero attached hydrogens (tertiary/aromatic N) is 2. The Kier molecular flexibility index (Phi) is 2.91. The van der Waals surface area contributed by atoms with Crippen molar-refractivity contribution in [3.8, 4) is 0 Å². The summed E-state index contributed by atoms with van der Waals surface area (Å²) in [4.78, 5) is 18.2. The second-order valence-corrected chi connectivity index (χ2v) is 4.70. The van der Waals surface area contributed by atoms with Gasteiger partial charge in [-0.2, -0.15) is 0 Å². The Hall–Kier alpha value is -2.36. The fourth-order valence-electron chi connectivity index (χ4n) is 2.49. The van der Waals surface area contributed by atoms with Crippen LogP contribution in [0.1, 0.15) is 21.5 Å². The zero-order valence-electron chi connectivity index (χ0n) is 10.5. The van der Waals surface area contributed by atoms with E-state index in [1.165, 1.54) is 5.56 Å². The zero-order valence-corrected chi connectivity index (χ0v) is 10.5. The molecule has 0 aliphatic carbocycles. The number of nitrogen functional groups attached to an aromatic ring is 1. The lowest BCUT2D eigenvalue weighted by atomic mass is 9.97. The lowest BCUT2D eigenvalue weighted by Crippen LogP contribution is -2.36. The van der Waals surface area contributed by atoms with Crippen LogP contribution in [-0.4, -0.2) is 22.3 Å². The van der Waals surface area contributed by atoms with E-state index in [0.717, 1.165) is 17.7 Å². The van der Waals surface area contributed by atoms with Crippen LogP contribution in [0, 0.1) is 0 Å². The molecule has 1 aromatic carbocycles. The highest BCUT2D eigenvalue weighted by Crippen LogP contribution is 2.24. The van der Waals surface area contributed by atoms with Gasteiger partial charge in [-0.25, -0.2) is 0 Å². The average Bonchev–Trinajstić information content (AvgIpc) is 2.47. The predicted octanol–water partition coefficient (Wildman–Crippen LogP) is 1.86. The standard InChI is InChI=1S/C15H15N3O/c16-14-3-1-2-12-10-18(9-6-13(12)14)15(19)11-4-7-17-8-5-11/h1-5,7-8H,6,9-10,16H2. The Balaban J connectivity index is 1.85. The first-order chi connectivity index (χ1) is 9.25. The normalized spacial score (nSPS) is 14.0. The van der Waals surface area contributed by atoms with Gasteiger partial charge in [-0.1, -0.05) is 12.1 Å². The van der Waals surface area contributed by atoms with E-state index in [1.54, 1.807) is 24.5 Å². The molecule has 19 heavy (non-hydrogen) atoms. The third-order valence-corrected chi connectivity index (χ3v) is 3.52. The number of hydrogen-bond donors (Lipinski definition) is 1. The molecule has 2 heterocycles. The number of anilines is 1. The molecule has 3 rings (SSSR count). The molecule has 0 bridgehead atoms. The van der Waals surface area contributed by atoms with Crippen molar-refractivity contribution in [3.05, 3.63) is 59.4 Å². The first-order valence-corrected chi connectivity index (χ1v) is 6.31. The van der Waals surface area contributed by atoms with Gasteiger partial charge < -0.3 is 10.6 Å². The Morgan fingerprint density at radius 1 is 1.21 bits per heavy atom. The van der Waals surface area contributed by atoms with Gasteiger partial charge in [0.05, 0.1) is 0 Å². The number of aromatic nitrogens is 1. The summed E-state index contributed by atoms with van der Waals surface area (Å²) in [6, 6.07) is 9.39. The van der Waals surface area contributed by atoms with Crippen LogP contribution in [0.2, 0.25) is 0 Å². The number of hydrogen-bond acceptors (Lipinski definition) is 3. The quantitative estimate of drug-likeness (QED) is 0.789. The Bertz CT molecular complexity index is 610. The van der Waals surface area contributed by atoms with Gasteiger partial charge >= 0.3 is 0 Å². The molecule has 0 spiro atoms. The first kappa shape index (κ1) is 11.7. The number of rotatable bonds is 1. The van der Waals surface area contributed by atoms with Gasteiger partial charge in [0.1, 0.15) is 0 Å². The van der Waals surface area contributed by atoms with Crippen molar-refractivity contribution in [1.29, 1.82) is 0 Å². The third-order valence-electron chi connectivity index (χ3n) is 3.52. The molecule has 0 unspecified atom stereocenters. The molecule has 0 saturated heterocycles. The highest BCUT2D eigenvalue weighted by atomic mass is 16.2. The first-order valence-electron chi connectivity index (χ1n) is 6.31. The van der Waals surface area contributed by atoms with E-state index in [2.05, 4.69) is 4.98 Å². The Morgan fingerprint density at radius 2 is 2.00 bits per heavy atom. The molecule has 1 aliphatic heterocycles. The van der Waals surface area contributed by atoms with Gasteiger partial charge in [0, 0.05) is 36.7 Å². The Morgan fingerprint density at radius 3 is 2.79 bits per heavy atom. The monoisotopic (exact) mass is 253 g/mol. The van der Waals surface area contributed by atoms with Gasteiger partial charge in [0.2, 0.25) is 0 Å². The fraction of sp³-hybridized carbons (Fsp3) is 0.200. The summed E-state index contributed by atoms with van der Waals surface area (Å²) >= 11 is 0. The molecule has 96 valence electrons. The van der Waals surface area contributed by atoms with Gasteiger partial charge in [-0.05, 0) is 35.7 Å². The summed E-state index contributed by atoms with van der Waals surface area (Å²) in [5.41, 5.74) is 9.80. The van der Waals surface area contributed by atoms with E-state index in [4.69, 9.17) is 5.73 Å². The van der Waals surface area contributed by atoms with Crippen LogP contribution in [0.5, 0.6) is 0 Å². The summed E-state index contributed by atoms with van der Waals surface area (Å²) in [6.45, 7) is 1.34. The molecule has 2 N–H and O–H groups in total. The summed E-state index contributed by atoms with van der Waals surface area (Å²) < 4.78 is 0. The maximum atomic E-state index is 12.4. The van der Waals surface area contributed by atoms with Crippen LogP contribution in [0.4, 0.5) is 5.69 Å². The van der Waals surface area contributed by atoms with Crippen molar-refractivity contribution in [2.75, 3.05) is 12.3 Å². The minimum absolute atomic E-state index is 0.0514. The van der Waals surface area contributed by atoms with Crippen LogP contribution in [0.25, 0.3) is 0 Å². The van der Waals surface area contributed by atoms with E-state index in [0.29, 0.717) is 18.7 Å². The molecule has 0 saturated carbocycles. The molecular formula is C15H15N3O. The summed E-state index contributed by atoms with van der Waals surface area (Å²) in [5, 5.41) is 0. The molecule has 4 nitrogen and oxygen atoms in total. The van der Waals surface area contributed by atoms with Gasteiger partial charge in [0.15, 0.2) is 0 Å². The number of benzene rings is 1. The van der Waals surface area contributed by atoms with E-state index in [9.17, 15) is 4.79 Å². The number of pyridine rings is 1. The second kappa shape index (κ2) is 4.72. The highest BCUT2D eigenvalue weighted by molar-refractivity contribution is 5.94. The molecule has 2 aromatic rings. The summed E-state index contributed by atoms with van der Waals surface area (Å²) in [5.74, 6) is 0.0514. The van der Waals surface area contributed by atoms with Crippen molar-refractivity contribution < 1.29 is 4.79 Å². The molecule has 1 aromatic heterocycles. The summed E-state index contributed by atoms with van der Waals surface area (Å²) in [7, 11) is 0. The number of nitrogens with two attached hydrogens (primary N) is 1. The van der Waals surface area contributed by atoms with Crippen molar-refractivity contribution in [2.45, 2.75) is 13.0 Å². The van der Waals surface area contributed by atoms with Crippen LogP contribution in [0.3, 0.4) is 0 Å². The SMILES string of the molecule is Nc1cccc2c1CCN(C(=O)c1ccncc1)C2. The van der Waals surface area contributed by atoms with Crippen LogP contribution in [-0.2, 0) is 13.0 Å². The molecule has 0 atom stereocenters. The van der Waals surface area contributed by atoms with Gasteiger partial charge in [-0.3, -0.25) is 9.78 Å². The van der Waals surface area contributed by atoms with Crippen molar-refractivity contribution in [2.24, 2.45) is 0 Å². The number of carbonyl (C=O) groups excluding carboxylic acids is 1. The van der Waals surface area contributed by atoms with E-state index < -0.39 is 0 Å². The lowest BCUT2D eigenvalue weighted by Gasteiger charge is -2.29. The van der Waals surface area contributed by atoms with Crippen molar-refractivity contribution in [3.63, 3.8) is 0 Å². The molecule has 4 heteroatoms. The van der Waals surface area contributed by atoms with Crippen LogP contribution in [0.15, 0.2) is 42.7 Å². The van der Waals surface area contributed by atoms with Crippen molar-refractivity contribution in [1.82, 2.24) is 9.88 Å². The third kappa shape index (κ3) is 2.17. The molecule has 0 radical (unpaired) electrons. The van der Waals surface area contributed by atoms with E-state index >= 15 is 0 Å². The smallest absolute Gasteiger partial charge is 0.254 e. The maximum Gasteiger partial charge on any atom is 0.254 e. The van der Waals surface area contributed by atoms with E-state index in [1.807, 2.05) is 23.1 Å². The summed E-state index contributed by atoms with van der Waals surface area (Å²) in [6.07, 6.45) is 4.10. The molecule has 1 amide bonds. The van der Waals surface area contributed by atoms with Gasteiger partial charge in [0.25, 0.3) is 5.91 Å². The topological polar surface area (TPSA) is 59.2 Å². The van der Waals surface area contributed by atoms with Gasteiger partial charge in [-0.15, -0.1) is 0 Å². The Labute approximate surface area is 111 Å². The maximum absolute atomic E-state index is 12.4. The molecule has 1 aliphatic rings. The minimum atomic E-state index is 0.0514. The molecule has 0 fully saturated rings. The van der Waals surface area contributed by atoms with E-state index in [-0.39, 0.29) is 5.91 Å². The van der Waals surface area contributed by atoms with Crippen LogP contribution >= 0.6 is 0 Å². The molecular weight excluding hydrogens is 238 g/mol. The predicted molar refractivity (Wildman–Crippen MR) is 73.5 cm³/mol. The number of amides is 1. The number of carbonyl (C=O) groups is 1. The second-order valence-electron chi connectivity index (χ2n) is 4.70. The number of fused-ring (bicyclic) bond motifs is 1. The lowest BCUT2D eigenvalue weighted by molar-refractivity contribution is 0.0735.